The molecule has 2 aromatic rings. The molecule has 0 spiro atoms. The lowest BCUT2D eigenvalue weighted by Crippen LogP contribution is -2.51. The molecule has 11 heteroatoms. The Labute approximate surface area is 200 Å². The fourth-order valence-corrected chi connectivity index (χ4v) is 3.86. The molecule has 1 amide bonds. The van der Waals surface area contributed by atoms with Crippen molar-refractivity contribution >= 4 is 5.91 Å². The first-order valence-electron chi connectivity index (χ1n) is 11.7. The molecule has 34 heavy (non-hydrogen) atoms. The molecule has 0 radical (unpaired) electrons. The zero-order chi connectivity index (χ0) is 24.4. The lowest BCUT2D eigenvalue weighted by atomic mass is 9.90. The Morgan fingerprint density at radius 3 is 2.79 bits per heavy atom. The minimum absolute atomic E-state index is 0.108. The number of hydrogen-bond donors (Lipinski definition) is 2. The monoisotopic (exact) mass is 470 g/mol. The number of aromatic nitrogens is 5. The Morgan fingerprint density at radius 1 is 1.32 bits per heavy atom. The maximum atomic E-state index is 12.7. The van der Waals surface area contributed by atoms with Gasteiger partial charge in [0.05, 0.1) is 24.6 Å². The number of tetrazole rings is 1. The molecule has 2 heterocycles. The zero-order valence-corrected chi connectivity index (χ0v) is 19.9. The molecule has 1 fully saturated rings. The van der Waals surface area contributed by atoms with Crippen LogP contribution in [0.4, 0.5) is 0 Å². The number of nitriles is 1. The van der Waals surface area contributed by atoms with Gasteiger partial charge in [0.15, 0.2) is 5.82 Å². The van der Waals surface area contributed by atoms with Gasteiger partial charge in [0.1, 0.15) is 18.7 Å². The third-order valence-electron chi connectivity index (χ3n) is 5.82. The van der Waals surface area contributed by atoms with Crippen molar-refractivity contribution < 1.29 is 14.3 Å². The van der Waals surface area contributed by atoms with Gasteiger partial charge in [0, 0.05) is 18.9 Å². The van der Waals surface area contributed by atoms with Crippen molar-refractivity contribution in [1.29, 1.82) is 5.26 Å². The summed E-state index contributed by atoms with van der Waals surface area (Å²) in [6.45, 7) is 4.20. The van der Waals surface area contributed by atoms with Gasteiger partial charge in [-0.25, -0.2) is 9.67 Å². The van der Waals surface area contributed by atoms with E-state index in [1.165, 1.54) is 23.9 Å². The minimum Gasteiger partial charge on any atom is -0.475 e. The molecule has 0 aliphatic heterocycles. The molecule has 0 unspecified atom stereocenters. The normalized spacial score (nSPS) is 16.4. The summed E-state index contributed by atoms with van der Waals surface area (Å²) in [7, 11) is 0. The second-order valence-electron chi connectivity index (χ2n) is 9.27. The number of amides is 1. The Balaban J connectivity index is 1.75. The number of hydrogen-bond acceptors (Lipinski definition) is 9. The van der Waals surface area contributed by atoms with Gasteiger partial charge >= 0.3 is 0 Å². The summed E-state index contributed by atoms with van der Waals surface area (Å²) in [4.78, 5) is 16.8. The number of carbonyl (C=O) groups excluding carboxylic acids is 1. The van der Waals surface area contributed by atoms with E-state index in [-0.39, 0.29) is 25.5 Å². The van der Waals surface area contributed by atoms with Crippen LogP contribution in [-0.4, -0.2) is 56.5 Å². The summed E-state index contributed by atoms with van der Waals surface area (Å²) in [6, 6.07) is 6.37. The van der Waals surface area contributed by atoms with Crippen molar-refractivity contribution in [3.63, 3.8) is 0 Å². The van der Waals surface area contributed by atoms with Gasteiger partial charge in [-0.2, -0.15) is 5.26 Å². The summed E-state index contributed by atoms with van der Waals surface area (Å²) < 4.78 is 13.3. The van der Waals surface area contributed by atoms with Crippen LogP contribution in [0, 0.1) is 17.2 Å². The SMILES string of the molecule is CC(C)(N)C(=O)N[C@H](COCC1CCCCC1)c1nnnn1[C@H](CC#N)COc1ccccn1. The highest BCUT2D eigenvalue weighted by atomic mass is 16.5. The second kappa shape index (κ2) is 12.4. The smallest absolute Gasteiger partial charge is 0.240 e. The Bertz CT molecular complexity index is 932. The van der Waals surface area contributed by atoms with Crippen LogP contribution in [0.1, 0.15) is 70.3 Å². The number of ether oxygens (including phenoxy) is 2. The van der Waals surface area contributed by atoms with Gasteiger partial charge in [-0.05, 0) is 49.1 Å². The number of rotatable bonds is 12. The van der Waals surface area contributed by atoms with Crippen molar-refractivity contribution in [3.8, 4) is 11.9 Å². The number of nitrogens with two attached hydrogens (primary N) is 1. The molecule has 1 saturated carbocycles. The van der Waals surface area contributed by atoms with E-state index < -0.39 is 17.6 Å². The summed E-state index contributed by atoms with van der Waals surface area (Å²) in [5, 5.41) is 24.4. The summed E-state index contributed by atoms with van der Waals surface area (Å²) >= 11 is 0. The third-order valence-corrected chi connectivity index (χ3v) is 5.82. The van der Waals surface area contributed by atoms with Crippen LogP contribution in [0.15, 0.2) is 24.4 Å². The lowest BCUT2D eigenvalue weighted by molar-refractivity contribution is -0.126. The van der Waals surface area contributed by atoms with E-state index in [1.54, 1.807) is 32.2 Å². The van der Waals surface area contributed by atoms with Crippen LogP contribution in [-0.2, 0) is 9.53 Å². The van der Waals surface area contributed by atoms with E-state index in [4.69, 9.17) is 15.2 Å². The topological polar surface area (TPSA) is 154 Å². The van der Waals surface area contributed by atoms with Crippen LogP contribution in [0.3, 0.4) is 0 Å². The average molecular weight is 471 g/mol. The molecule has 1 aliphatic rings. The van der Waals surface area contributed by atoms with Gasteiger partial charge in [0.2, 0.25) is 11.8 Å². The molecule has 11 nitrogen and oxygen atoms in total. The van der Waals surface area contributed by atoms with Crippen molar-refractivity contribution in [2.75, 3.05) is 19.8 Å². The summed E-state index contributed by atoms with van der Waals surface area (Å²) in [5.41, 5.74) is 4.91. The van der Waals surface area contributed by atoms with Gasteiger partial charge < -0.3 is 20.5 Å². The van der Waals surface area contributed by atoms with Gasteiger partial charge in [-0.3, -0.25) is 4.79 Å². The molecular formula is C23H34N8O3. The highest BCUT2D eigenvalue weighted by Crippen LogP contribution is 2.25. The van der Waals surface area contributed by atoms with E-state index >= 15 is 0 Å². The maximum Gasteiger partial charge on any atom is 0.240 e. The fourth-order valence-electron chi connectivity index (χ4n) is 3.86. The predicted octanol–water partition coefficient (Wildman–Crippen LogP) is 2.09. The van der Waals surface area contributed by atoms with Crippen LogP contribution < -0.4 is 15.8 Å². The molecule has 2 atom stereocenters. The largest absolute Gasteiger partial charge is 0.475 e. The molecule has 3 N–H and O–H groups in total. The van der Waals surface area contributed by atoms with Crippen LogP contribution in [0.2, 0.25) is 0 Å². The van der Waals surface area contributed by atoms with Gasteiger partial charge in [-0.1, -0.05) is 25.3 Å². The highest BCUT2D eigenvalue weighted by molar-refractivity contribution is 5.85. The van der Waals surface area contributed by atoms with Gasteiger partial charge in [0.25, 0.3) is 0 Å². The number of nitrogens with one attached hydrogen (secondary N) is 1. The average Bonchev–Trinajstić information content (AvgIpc) is 3.31. The van der Waals surface area contributed by atoms with Crippen molar-refractivity contribution in [3.05, 3.63) is 30.2 Å². The Morgan fingerprint density at radius 2 is 2.12 bits per heavy atom. The number of nitrogens with zero attached hydrogens (tertiary/aromatic N) is 6. The Kier molecular flexibility index (Phi) is 9.30. The summed E-state index contributed by atoms with van der Waals surface area (Å²) in [5.74, 6) is 0.983. The first kappa shape index (κ1) is 25.5. The summed E-state index contributed by atoms with van der Waals surface area (Å²) in [6.07, 6.45) is 7.76. The van der Waals surface area contributed by atoms with E-state index in [2.05, 4.69) is 31.9 Å². The lowest BCUT2D eigenvalue weighted by Gasteiger charge is -2.26. The predicted molar refractivity (Wildman–Crippen MR) is 123 cm³/mol. The van der Waals surface area contributed by atoms with Crippen molar-refractivity contribution in [1.82, 2.24) is 30.5 Å². The molecule has 0 bridgehead atoms. The van der Waals surface area contributed by atoms with E-state index in [0.717, 1.165) is 12.8 Å². The minimum atomic E-state index is -1.09. The van der Waals surface area contributed by atoms with E-state index in [1.807, 2.05) is 6.07 Å². The Hall–Kier alpha value is -3.10. The highest BCUT2D eigenvalue weighted by Gasteiger charge is 2.30. The van der Waals surface area contributed by atoms with Crippen LogP contribution >= 0.6 is 0 Å². The molecule has 3 rings (SSSR count). The number of pyridine rings is 1. The van der Waals surface area contributed by atoms with Gasteiger partial charge in [-0.15, -0.1) is 5.10 Å². The standard InChI is InChI=1S/C23H34N8O3/c1-23(2,25)22(32)27-19(16-33-14-17-8-4-3-5-9-17)21-28-29-30-31(21)18(11-12-24)15-34-20-10-6-7-13-26-20/h6-7,10,13,17-19H,3-5,8-9,11,14-16,25H2,1-2H3,(H,27,32)/t18-,19-/m1/s1. The van der Waals surface area contributed by atoms with Crippen LogP contribution in [0.25, 0.3) is 0 Å². The van der Waals surface area contributed by atoms with Crippen LogP contribution in [0.5, 0.6) is 5.88 Å². The maximum absolute atomic E-state index is 12.7. The quantitative estimate of drug-likeness (QED) is 0.474. The molecular weight excluding hydrogens is 436 g/mol. The second-order valence-corrected chi connectivity index (χ2v) is 9.27. The molecule has 2 aromatic heterocycles. The van der Waals surface area contributed by atoms with E-state index in [0.29, 0.717) is 24.2 Å². The molecule has 0 aromatic carbocycles. The van der Waals surface area contributed by atoms with Crippen molar-refractivity contribution in [2.45, 2.75) is 70.0 Å². The zero-order valence-electron chi connectivity index (χ0n) is 19.9. The number of carbonyl (C=O) groups is 1. The van der Waals surface area contributed by atoms with E-state index in [9.17, 15) is 10.1 Å². The molecule has 1 aliphatic carbocycles. The third kappa shape index (κ3) is 7.46. The first-order valence-corrected chi connectivity index (χ1v) is 11.7. The first-order chi connectivity index (χ1) is 16.4. The molecule has 184 valence electrons. The fraction of sp³-hybridized carbons (Fsp3) is 0.652. The van der Waals surface area contributed by atoms with Crippen molar-refractivity contribution in [2.24, 2.45) is 11.7 Å². The molecule has 0 saturated heterocycles.